The van der Waals surface area contributed by atoms with Crippen LogP contribution in [0.2, 0.25) is 0 Å². The molecule has 7 aromatic carbocycles. The van der Waals surface area contributed by atoms with Crippen molar-refractivity contribution in [1.29, 1.82) is 0 Å². The Hall–Kier alpha value is -8.29. The van der Waals surface area contributed by atoms with Crippen molar-refractivity contribution >= 4 is 38.8 Å². The number of aromatic nitrogens is 5. The number of esters is 1. The minimum Gasteiger partial charge on any atom is -0.465 e. The van der Waals surface area contributed by atoms with Crippen molar-refractivity contribution in [1.82, 2.24) is 23.7 Å². The number of pyridine rings is 1. The average molecular weight is 1030 g/mol. The Morgan fingerprint density at radius 1 is 0.538 bits per heavy atom. The SMILES string of the molecule is CCC(CC(CC(C)c1cc(-n2c(C(C)(C)C)cc3ccccc32)cc(-n2c(C(C)(C)C)cc3ccccc32)c1)c1cccc(-c2nc3ccccc3n2-c2ccccc2)c1)C(=O)OCCc1cccc(-c2ccccn2)c1. The smallest absolute Gasteiger partial charge is 0.308 e. The lowest BCUT2D eigenvalue weighted by Crippen LogP contribution is -2.22. The quantitative estimate of drug-likeness (QED) is 0.0905. The molecule has 11 rings (SSSR count). The average Bonchev–Trinajstić information content (AvgIpc) is 4.32. The van der Waals surface area contributed by atoms with Crippen LogP contribution in [-0.2, 0) is 26.8 Å². The van der Waals surface area contributed by atoms with Gasteiger partial charge in [-0.1, -0.05) is 165 Å². The summed E-state index contributed by atoms with van der Waals surface area (Å²) in [6.45, 7) is 18.7. The minimum absolute atomic E-state index is 0.00995. The van der Waals surface area contributed by atoms with E-state index in [2.05, 4.69) is 256 Å². The molecule has 0 aliphatic carbocycles. The summed E-state index contributed by atoms with van der Waals surface area (Å²) in [5.74, 6) is 0.484. The molecule has 0 aliphatic rings. The highest BCUT2D eigenvalue weighted by molar-refractivity contribution is 5.86. The number of fused-ring (bicyclic) bond motifs is 3. The second kappa shape index (κ2) is 21.6. The minimum atomic E-state index is -0.317. The number of rotatable bonds is 16. The Labute approximate surface area is 460 Å². The maximum Gasteiger partial charge on any atom is 0.308 e. The van der Waals surface area contributed by atoms with Gasteiger partial charge >= 0.3 is 5.97 Å². The van der Waals surface area contributed by atoms with E-state index in [0.717, 1.165) is 62.7 Å². The lowest BCUT2D eigenvalue weighted by Gasteiger charge is -2.28. The van der Waals surface area contributed by atoms with E-state index in [1.165, 1.54) is 44.3 Å². The molecular weight excluding hydrogens is 955 g/mol. The molecule has 0 bridgehead atoms. The zero-order valence-corrected chi connectivity index (χ0v) is 46.5. The number of imidazole rings is 1. The molecule has 3 unspecified atom stereocenters. The van der Waals surface area contributed by atoms with Gasteiger partial charge in [-0.3, -0.25) is 14.3 Å². The molecule has 7 heteroatoms. The van der Waals surface area contributed by atoms with Gasteiger partial charge in [0, 0.05) is 73.8 Å². The summed E-state index contributed by atoms with van der Waals surface area (Å²) in [5, 5.41) is 2.45. The summed E-state index contributed by atoms with van der Waals surface area (Å²) in [6.07, 6.45) is 4.52. The first-order valence-corrected chi connectivity index (χ1v) is 27.9. The van der Waals surface area contributed by atoms with E-state index >= 15 is 0 Å². The maximum atomic E-state index is 14.5. The molecule has 392 valence electrons. The van der Waals surface area contributed by atoms with Crippen molar-refractivity contribution in [2.75, 3.05) is 6.61 Å². The molecule has 0 N–H and O–H groups in total. The lowest BCUT2D eigenvalue weighted by atomic mass is 9.79. The molecule has 11 aromatic rings. The summed E-state index contributed by atoms with van der Waals surface area (Å²) in [4.78, 5) is 24.4. The fourth-order valence-electron chi connectivity index (χ4n) is 11.6. The van der Waals surface area contributed by atoms with Crippen LogP contribution in [0.15, 0.2) is 206 Å². The molecule has 7 nitrogen and oxygen atoms in total. The third kappa shape index (κ3) is 10.6. The normalized spacial score (nSPS) is 13.3. The van der Waals surface area contributed by atoms with E-state index in [0.29, 0.717) is 25.9 Å². The molecule has 78 heavy (non-hydrogen) atoms. The molecule has 0 saturated carbocycles. The topological polar surface area (TPSA) is 66.9 Å². The van der Waals surface area contributed by atoms with Crippen molar-refractivity contribution in [2.45, 2.75) is 104 Å². The van der Waals surface area contributed by atoms with Crippen molar-refractivity contribution < 1.29 is 9.53 Å². The van der Waals surface area contributed by atoms with Gasteiger partial charge < -0.3 is 13.9 Å². The standard InChI is InChI=1S/C71H71N5O2/c1-9-50(69(77)78-38-36-49-23-21-27-52(40-49)61-31-19-20-37-72-61)41-57(51-26-22-28-55(42-51)68-73-62-32-15-18-35-65(62)76(68)58-29-11-10-12-30-58)39-48(2)56-43-59(74-63-33-16-13-24-53(63)45-66(74)70(3,4)5)47-60(44-56)75-64-34-17-14-25-54(64)46-67(75)71(6,7)8/h10-35,37,40,42-48,50,57H,9,36,38-39,41H2,1-8H3. The second-order valence-electron chi connectivity index (χ2n) is 23.4. The van der Waals surface area contributed by atoms with E-state index in [9.17, 15) is 4.79 Å². The molecule has 4 aromatic heterocycles. The summed E-state index contributed by atoms with van der Waals surface area (Å²) in [7, 11) is 0. The number of ether oxygens (including phenoxy) is 1. The predicted octanol–water partition coefficient (Wildman–Crippen LogP) is 17.7. The summed E-state index contributed by atoms with van der Waals surface area (Å²) >= 11 is 0. The van der Waals surface area contributed by atoms with Crippen LogP contribution in [0.4, 0.5) is 0 Å². The van der Waals surface area contributed by atoms with Crippen LogP contribution >= 0.6 is 0 Å². The molecule has 4 heterocycles. The molecular formula is C71H71N5O2. The Balaban J connectivity index is 1.00. The van der Waals surface area contributed by atoms with Crippen molar-refractivity contribution in [3.63, 3.8) is 0 Å². The third-order valence-electron chi connectivity index (χ3n) is 15.7. The fraction of sp³-hybridized carbons (Fsp3) is 0.254. The van der Waals surface area contributed by atoms with E-state index in [1.54, 1.807) is 0 Å². The Bertz CT molecular complexity index is 3790. The van der Waals surface area contributed by atoms with Crippen LogP contribution in [0, 0.1) is 5.92 Å². The first kappa shape index (κ1) is 51.8. The van der Waals surface area contributed by atoms with Crippen LogP contribution in [0.5, 0.6) is 0 Å². The van der Waals surface area contributed by atoms with Gasteiger partial charge in [0.05, 0.1) is 40.3 Å². The third-order valence-corrected chi connectivity index (χ3v) is 15.7. The summed E-state index contributed by atoms with van der Waals surface area (Å²) in [6, 6.07) is 71.7. The largest absolute Gasteiger partial charge is 0.465 e. The molecule has 0 amide bonds. The molecule has 0 saturated heterocycles. The van der Waals surface area contributed by atoms with E-state index < -0.39 is 0 Å². The van der Waals surface area contributed by atoms with Gasteiger partial charge in [0.1, 0.15) is 5.82 Å². The zero-order valence-electron chi connectivity index (χ0n) is 46.5. The fourth-order valence-corrected chi connectivity index (χ4v) is 11.6. The van der Waals surface area contributed by atoms with Gasteiger partial charge in [0.25, 0.3) is 0 Å². The monoisotopic (exact) mass is 1030 g/mol. The van der Waals surface area contributed by atoms with Crippen molar-refractivity contribution in [3.8, 4) is 39.7 Å². The molecule has 0 fully saturated rings. The molecule has 0 aliphatic heterocycles. The first-order valence-electron chi connectivity index (χ1n) is 27.9. The zero-order chi connectivity index (χ0) is 54.1. The van der Waals surface area contributed by atoms with Crippen LogP contribution in [0.3, 0.4) is 0 Å². The highest BCUT2D eigenvalue weighted by Gasteiger charge is 2.30. The van der Waals surface area contributed by atoms with Crippen LogP contribution in [0.1, 0.15) is 115 Å². The molecule has 0 radical (unpaired) electrons. The summed E-state index contributed by atoms with van der Waals surface area (Å²) < 4.78 is 13.5. The number of hydrogen-bond acceptors (Lipinski definition) is 4. The van der Waals surface area contributed by atoms with Gasteiger partial charge in [0.2, 0.25) is 0 Å². The highest BCUT2D eigenvalue weighted by atomic mass is 16.5. The van der Waals surface area contributed by atoms with E-state index in [4.69, 9.17) is 9.72 Å². The highest BCUT2D eigenvalue weighted by Crippen LogP contribution is 2.42. The Morgan fingerprint density at radius 3 is 1.78 bits per heavy atom. The van der Waals surface area contributed by atoms with Crippen molar-refractivity contribution in [2.24, 2.45) is 5.92 Å². The van der Waals surface area contributed by atoms with E-state index in [1.807, 2.05) is 24.4 Å². The van der Waals surface area contributed by atoms with Crippen LogP contribution < -0.4 is 0 Å². The number of benzene rings is 7. The van der Waals surface area contributed by atoms with Gasteiger partial charge in [-0.05, 0) is 139 Å². The molecule has 3 atom stereocenters. The Kier molecular flexibility index (Phi) is 14.4. The lowest BCUT2D eigenvalue weighted by molar-refractivity contribution is -0.149. The second-order valence-corrected chi connectivity index (χ2v) is 23.4. The number of nitrogens with zero attached hydrogens (tertiary/aromatic N) is 5. The number of hydrogen-bond donors (Lipinski definition) is 0. The van der Waals surface area contributed by atoms with E-state index in [-0.39, 0.29) is 34.6 Å². The van der Waals surface area contributed by atoms with Gasteiger partial charge in [-0.15, -0.1) is 0 Å². The first-order chi connectivity index (χ1) is 37.7. The maximum absolute atomic E-state index is 14.5. The Morgan fingerprint density at radius 2 is 1.14 bits per heavy atom. The van der Waals surface area contributed by atoms with Crippen molar-refractivity contribution in [3.05, 3.63) is 234 Å². The summed E-state index contributed by atoms with van der Waals surface area (Å²) in [5.41, 5.74) is 16.5. The number of carbonyl (C=O) groups is 1. The van der Waals surface area contributed by atoms with Crippen LogP contribution in [0.25, 0.3) is 72.5 Å². The van der Waals surface area contributed by atoms with Gasteiger partial charge in [0.15, 0.2) is 0 Å². The van der Waals surface area contributed by atoms with Gasteiger partial charge in [-0.25, -0.2) is 4.98 Å². The number of carbonyl (C=O) groups excluding carboxylic acids is 1. The molecule has 0 spiro atoms. The van der Waals surface area contributed by atoms with Crippen LogP contribution in [-0.4, -0.2) is 36.2 Å². The van der Waals surface area contributed by atoms with Gasteiger partial charge in [-0.2, -0.15) is 0 Å². The number of para-hydroxylation sites is 5. The predicted molar refractivity (Wildman–Crippen MR) is 323 cm³/mol.